The lowest BCUT2D eigenvalue weighted by molar-refractivity contribution is -0.121. The molecule has 0 aliphatic heterocycles. The number of nitrogens with zero attached hydrogens (tertiary/aromatic N) is 1. The number of nitrogens with one attached hydrogen (secondary N) is 1. The molecule has 0 spiro atoms. The number of aromatic nitrogens is 1. The van der Waals surface area contributed by atoms with Crippen molar-refractivity contribution < 1.29 is 14.7 Å². The van der Waals surface area contributed by atoms with E-state index >= 15 is 0 Å². The van der Waals surface area contributed by atoms with Crippen molar-refractivity contribution in [2.45, 2.75) is 25.9 Å². The largest absolute Gasteiger partial charge is 0.477 e. The van der Waals surface area contributed by atoms with Crippen LogP contribution in [0, 0.1) is 5.92 Å². The predicted octanol–water partition coefficient (Wildman–Crippen LogP) is 0.711. The Morgan fingerprint density at radius 1 is 1.62 bits per heavy atom. The fourth-order valence-electron chi connectivity index (χ4n) is 1.68. The van der Waals surface area contributed by atoms with Crippen molar-refractivity contribution in [1.82, 2.24) is 9.88 Å². The van der Waals surface area contributed by atoms with Crippen molar-refractivity contribution in [3.05, 3.63) is 24.0 Å². The first kappa shape index (κ1) is 10.7. The van der Waals surface area contributed by atoms with Crippen LogP contribution in [0.3, 0.4) is 0 Å². The lowest BCUT2D eigenvalue weighted by Crippen LogP contribution is -2.30. The zero-order valence-corrected chi connectivity index (χ0v) is 9.01. The fourth-order valence-corrected chi connectivity index (χ4v) is 1.68. The summed E-state index contributed by atoms with van der Waals surface area (Å²) in [6, 6.07) is 3.38. The van der Waals surface area contributed by atoms with Gasteiger partial charge in [-0.2, -0.15) is 0 Å². The first-order valence-corrected chi connectivity index (χ1v) is 5.25. The summed E-state index contributed by atoms with van der Waals surface area (Å²) in [6.07, 6.45) is 2.61. The molecule has 1 aliphatic rings. The highest BCUT2D eigenvalue weighted by Gasteiger charge is 2.33. The van der Waals surface area contributed by atoms with Crippen LogP contribution in [0.5, 0.6) is 0 Å². The predicted molar refractivity (Wildman–Crippen MR) is 57.1 cm³/mol. The highest BCUT2D eigenvalue weighted by Crippen LogP contribution is 2.28. The highest BCUT2D eigenvalue weighted by atomic mass is 16.4. The molecule has 2 N–H and O–H groups in total. The van der Waals surface area contributed by atoms with Crippen LogP contribution in [0.25, 0.3) is 0 Å². The summed E-state index contributed by atoms with van der Waals surface area (Å²) in [7, 11) is 0. The summed E-state index contributed by atoms with van der Waals surface area (Å²) in [5, 5.41) is 11.7. The van der Waals surface area contributed by atoms with Gasteiger partial charge >= 0.3 is 5.97 Å². The minimum absolute atomic E-state index is 0.0673. The Balaban J connectivity index is 1.95. The van der Waals surface area contributed by atoms with Gasteiger partial charge in [0.1, 0.15) is 12.2 Å². The Kier molecular flexibility index (Phi) is 2.68. The standard InChI is InChI=1S/C11H14N2O3/c1-7-5-8(7)12-10(14)6-13-4-2-3-9(13)11(15)16/h2-4,7-8H,5-6H2,1H3,(H,12,14)(H,15,16). The molecule has 2 atom stereocenters. The second kappa shape index (κ2) is 4.00. The van der Waals surface area contributed by atoms with E-state index in [9.17, 15) is 9.59 Å². The van der Waals surface area contributed by atoms with Gasteiger partial charge in [-0.3, -0.25) is 4.79 Å². The van der Waals surface area contributed by atoms with Crippen molar-refractivity contribution in [3.8, 4) is 0 Å². The van der Waals surface area contributed by atoms with E-state index in [-0.39, 0.29) is 24.2 Å². The smallest absolute Gasteiger partial charge is 0.352 e. The average Bonchev–Trinajstić information content (AvgIpc) is 2.72. The molecule has 1 aliphatic carbocycles. The van der Waals surface area contributed by atoms with E-state index in [2.05, 4.69) is 12.2 Å². The molecule has 2 unspecified atom stereocenters. The third-order valence-corrected chi connectivity index (χ3v) is 2.82. The van der Waals surface area contributed by atoms with Gasteiger partial charge < -0.3 is 15.0 Å². The molecule has 1 fully saturated rings. The van der Waals surface area contributed by atoms with Gasteiger partial charge in [-0.1, -0.05) is 6.92 Å². The van der Waals surface area contributed by atoms with Gasteiger partial charge in [0.05, 0.1) is 0 Å². The number of carboxylic acids is 1. The molecule has 0 radical (unpaired) electrons. The number of carboxylic acid groups (broad SMARTS) is 1. The number of amides is 1. The molecule has 5 heteroatoms. The van der Waals surface area contributed by atoms with Crippen LogP contribution >= 0.6 is 0 Å². The van der Waals surface area contributed by atoms with Crippen molar-refractivity contribution in [3.63, 3.8) is 0 Å². The summed E-state index contributed by atoms with van der Waals surface area (Å²) in [5.41, 5.74) is 0.138. The normalized spacial score (nSPS) is 22.8. The summed E-state index contributed by atoms with van der Waals surface area (Å²) in [5.74, 6) is -0.599. The van der Waals surface area contributed by atoms with Gasteiger partial charge in [0.25, 0.3) is 0 Å². The highest BCUT2D eigenvalue weighted by molar-refractivity contribution is 5.87. The van der Waals surface area contributed by atoms with Gasteiger partial charge in [-0.05, 0) is 24.5 Å². The van der Waals surface area contributed by atoms with Crippen LogP contribution in [-0.4, -0.2) is 27.6 Å². The molecule has 16 heavy (non-hydrogen) atoms. The van der Waals surface area contributed by atoms with E-state index < -0.39 is 5.97 Å². The molecule has 1 saturated carbocycles. The molecule has 1 heterocycles. The molecule has 86 valence electrons. The second-order valence-corrected chi connectivity index (χ2v) is 4.21. The molecule has 1 aromatic heterocycles. The van der Waals surface area contributed by atoms with E-state index in [4.69, 9.17) is 5.11 Å². The monoisotopic (exact) mass is 222 g/mol. The van der Waals surface area contributed by atoms with Crippen LogP contribution in [0.15, 0.2) is 18.3 Å². The van der Waals surface area contributed by atoms with Crippen molar-refractivity contribution in [2.24, 2.45) is 5.92 Å². The maximum atomic E-state index is 11.6. The minimum atomic E-state index is -1.02. The Morgan fingerprint density at radius 3 is 2.88 bits per heavy atom. The summed E-state index contributed by atoms with van der Waals surface area (Å²) in [6.45, 7) is 2.14. The van der Waals surface area contributed by atoms with E-state index in [0.29, 0.717) is 5.92 Å². The van der Waals surface area contributed by atoms with E-state index in [0.717, 1.165) is 6.42 Å². The van der Waals surface area contributed by atoms with Crippen molar-refractivity contribution in [1.29, 1.82) is 0 Å². The third-order valence-electron chi connectivity index (χ3n) is 2.82. The third kappa shape index (κ3) is 2.24. The van der Waals surface area contributed by atoms with Gasteiger partial charge in [0.15, 0.2) is 0 Å². The maximum absolute atomic E-state index is 11.6. The quantitative estimate of drug-likeness (QED) is 0.788. The molecular formula is C11H14N2O3. The SMILES string of the molecule is CC1CC1NC(=O)Cn1cccc1C(=O)O. The molecule has 0 saturated heterocycles. The molecular weight excluding hydrogens is 208 g/mol. The molecule has 0 bridgehead atoms. The van der Waals surface area contributed by atoms with Gasteiger partial charge in [-0.15, -0.1) is 0 Å². The van der Waals surface area contributed by atoms with Crippen LogP contribution in [0.2, 0.25) is 0 Å². The van der Waals surface area contributed by atoms with Crippen LogP contribution in [0.4, 0.5) is 0 Å². The van der Waals surface area contributed by atoms with Crippen molar-refractivity contribution in [2.75, 3.05) is 0 Å². The van der Waals surface area contributed by atoms with E-state index in [1.807, 2.05) is 0 Å². The maximum Gasteiger partial charge on any atom is 0.352 e. The number of rotatable bonds is 4. The van der Waals surface area contributed by atoms with Crippen LogP contribution in [0.1, 0.15) is 23.8 Å². The first-order chi connectivity index (χ1) is 7.58. The molecule has 0 aromatic carbocycles. The molecule has 1 aromatic rings. The molecule has 5 nitrogen and oxygen atoms in total. The Morgan fingerprint density at radius 2 is 2.31 bits per heavy atom. The number of carbonyl (C=O) groups is 2. The Bertz CT molecular complexity index is 425. The average molecular weight is 222 g/mol. The zero-order valence-electron chi connectivity index (χ0n) is 9.01. The number of hydrogen-bond donors (Lipinski definition) is 2. The Labute approximate surface area is 93.1 Å². The number of hydrogen-bond acceptors (Lipinski definition) is 2. The first-order valence-electron chi connectivity index (χ1n) is 5.25. The lowest BCUT2D eigenvalue weighted by Gasteiger charge is -2.07. The van der Waals surface area contributed by atoms with Gasteiger partial charge in [-0.25, -0.2) is 4.79 Å². The summed E-state index contributed by atoms with van der Waals surface area (Å²) >= 11 is 0. The number of aromatic carboxylic acids is 1. The fraction of sp³-hybridized carbons (Fsp3) is 0.455. The lowest BCUT2D eigenvalue weighted by atomic mass is 10.4. The van der Waals surface area contributed by atoms with E-state index in [1.165, 1.54) is 10.6 Å². The van der Waals surface area contributed by atoms with Gasteiger partial charge in [0, 0.05) is 12.2 Å². The molecule has 2 rings (SSSR count). The van der Waals surface area contributed by atoms with Gasteiger partial charge in [0.2, 0.25) is 5.91 Å². The summed E-state index contributed by atoms with van der Waals surface area (Å²) < 4.78 is 1.44. The van der Waals surface area contributed by atoms with Crippen molar-refractivity contribution >= 4 is 11.9 Å². The summed E-state index contributed by atoms with van der Waals surface area (Å²) in [4.78, 5) is 22.4. The Hall–Kier alpha value is -1.78. The molecule has 1 amide bonds. The van der Waals surface area contributed by atoms with E-state index in [1.54, 1.807) is 12.3 Å². The zero-order chi connectivity index (χ0) is 11.7. The van der Waals surface area contributed by atoms with Crippen LogP contribution < -0.4 is 5.32 Å². The topological polar surface area (TPSA) is 71.3 Å². The minimum Gasteiger partial charge on any atom is -0.477 e. The number of carbonyl (C=O) groups excluding carboxylic acids is 1. The second-order valence-electron chi connectivity index (χ2n) is 4.21. The van der Waals surface area contributed by atoms with Crippen LogP contribution in [-0.2, 0) is 11.3 Å².